The first kappa shape index (κ1) is 15.5. The van der Waals surface area contributed by atoms with Crippen molar-refractivity contribution >= 4 is 11.6 Å². The lowest BCUT2D eigenvalue weighted by atomic mass is 9.95. The van der Waals surface area contributed by atoms with E-state index in [0.717, 1.165) is 23.2 Å². The largest absolute Gasteiger partial charge is 0.423 e. The molecule has 0 aliphatic carbocycles. The molecule has 25 heavy (non-hydrogen) atoms. The Balaban J connectivity index is 1.41. The number of aromatic nitrogens is 2. The summed E-state index contributed by atoms with van der Waals surface area (Å²) in [6.45, 7) is 0.647. The average molecular weight is 335 g/mol. The van der Waals surface area contributed by atoms with Crippen molar-refractivity contribution in [2.75, 3.05) is 11.9 Å². The van der Waals surface area contributed by atoms with E-state index >= 15 is 0 Å². The first-order valence-electron chi connectivity index (χ1n) is 8.15. The van der Waals surface area contributed by atoms with E-state index in [9.17, 15) is 4.79 Å². The molecule has 1 aliphatic rings. The SMILES string of the molecule is O=C(C[C@@H]1OCCc2ccccc21)Nc1ccc(-c2nnco2)cc1. The van der Waals surface area contributed by atoms with Crippen LogP contribution in [0.15, 0.2) is 59.3 Å². The number of anilines is 1. The molecule has 4 rings (SSSR count). The molecule has 1 N–H and O–H groups in total. The Bertz CT molecular complexity index is 860. The highest BCUT2D eigenvalue weighted by molar-refractivity contribution is 5.91. The van der Waals surface area contributed by atoms with Crippen molar-refractivity contribution in [2.45, 2.75) is 18.9 Å². The third-order valence-corrected chi connectivity index (χ3v) is 4.24. The van der Waals surface area contributed by atoms with Gasteiger partial charge in [0.15, 0.2) is 0 Å². The van der Waals surface area contributed by atoms with E-state index in [0.29, 0.717) is 18.9 Å². The van der Waals surface area contributed by atoms with Crippen molar-refractivity contribution in [1.82, 2.24) is 10.2 Å². The molecule has 0 saturated carbocycles. The molecular weight excluding hydrogens is 318 g/mol. The van der Waals surface area contributed by atoms with Gasteiger partial charge in [0.05, 0.1) is 19.1 Å². The van der Waals surface area contributed by atoms with Crippen molar-refractivity contribution in [3.63, 3.8) is 0 Å². The maximum atomic E-state index is 12.4. The normalized spacial score (nSPS) is 16.2. The van der Waals surface area contributed by atoms with Gasteiger partial charge >= 0.3 is 0 Å². The molecular formula is C19H17N3O3. The maximum Gasteiger partial charge on any atom is 0.247 e. The van der Waals surface area contributed by atoms with Crippen LogP contribution >= 0.6 is 0 Å². The fourth-order valence-corrected chi connectivity index (χ4v) is 3.02. The first-order chi connectivity index (χ1) is 12.3. The van der Waals surface area contributed by atoms with Crippen LogP contribution in [0.25, 0.3) is 11.5 Å². The number of hydrogen-bond donors (Lipinski definition) is 1. The van der Waals surface area contributed by atoms with Gasteiger partial charge in [-0.15, -0.1) is 10.2 Å². The lowest BCUT2D eigenvalue weighted by Crippen LogP contribution is -2.22. The number of rotatable bonds is 4. The Labute approximate surface area is 144 Å². The van der Waals surface area contributed by atoms with E-state index in [1.165, 1.54) is 12.0 Å². The second kappa shape index (κ2) is 6.86. The van der Waals surface area contributed by atoms with Gasteiger partial charge < -0.3 is 14.5 Å². The summed E-state index contributed by atoms with van der Waals surface area (Å²) in [6, 6.07) is 15.4. The zero-order valence-corrected chi connectivity index (χ0v) is 13.5. The minimum absolute atomic E-state index is 0.0766. The molecule has 126 valence electrons. The van der Waals surface area contributed by atoms with Gasteiger partial charge in [-0.25, -0.2) is 0 Å². The minimum Gasteiger partial charge on any atom is -0.423 e. The Kier molecular flexibility index (Phi) is 4.26. The fourth-order valence-electron chi connectivity index (χ4n) is 3.02. The molecule has 2 heterocycles. The predicted molar refractivity (Wildman–Crippen MR) is 91.8 cm³/mol. The Morgan fingerprint density at radius 3 is 2.80 bits per heavy atom. The fraction of sp³-hybridized carbons (Fsp3) is 0.211. The van der Waals surface area contributed by atoms with Crippen LogP contribution in [0, 0.1) is 0 Å². The van der Waals surface area contributed by atoms with E-state index in [-0.39, 0.29) is 12.0 Å². The molecule has 0 saturated heterocycles. The topological polar surface area (TPSA) is 77.2 Å². The number of benzene rings is 2. The van der Waals surface area contributed by atoms with Crippen molar-refractivity contribution in [2.24, 2.45) is 0 Å². The van der Waals surface area contributed by atoms with E-state index < -0.39 is 0 Å². The molecule has 6 heteroatoms. The highest BCUT2D eigenvalue weighted by Crippen LogP contribution is 2.29. The summed E-state index contributed by atoms with van der Waals surface area (Å²) < 4.78 is 10.9. The van der Waals surface area contributed by atoms with Crippen LogP contribution in [0.1, 0.15) is 23.7 Å². The number of amides is 1. The predicted octanol–water partition coefficient (Wildman–Crippen LogP) is 3.38. The van der Waals surface area contributed by atoms with Gasteiger partial charge in [-0.3, -0.25) is 4.79 Å². The van der Waals surface area contributed by atoms with Crippen LogP contribution in [0.5, 0.6) is 0 Å². The smallest absolute Gasteiger partial charge is 0.247 e. The Morgan fingerprint density at radius 2 is 2.00 bits per heavy atom. The second-order valence-corrected chi connectivity index (χ2v) is 5.88. The van der Waals surface area contributed by atoms with E-state index in [1.54, 1.807) is 0 Å². The summed E-state index contributed by atoms with van der Waals surface area (Å²) in [5, 5.41) is 10.4. The van der Waals surface area contributed by atoms with Crippen molar-refractivity contribution in [1.29, 1.82) is 0 Å². The van der Waals surface area contributed by atoms with Gasteiger partial charge in [-0.1, -0.05) is 24.3 Å². The molecule has 1 amide bonds. The first-order valence-corrected chi connectivity index (χ1v) is 8.15. The number of ether oxygens (including phenoxy) is 1. The van der Waals surface area contributed by atoms with Crippen LogP contribution in [-0.4, -0.2) is 22.7 Å². The molecule has 3 aromatic rings. The van der Waals surface area contributed by atoms with Crippen LogP contribution in [0.3, 0.4) is 0 Å². The van der Waals surface area contributed by atoms with Gasteiger partial charge in [0, 0.05) is 11.3 Å². The second-order valence-electron chi connectivity index (χ2n) is 5.88. The molecule has 1 atom stereocenters. The number of nitrogens with zero attached hydrogens (tertiary/aromatic N) is 2. The molecule has 0 radical (unpaired) electrons. The third kappa shape index (κ3) is 3.44. The van der Waals surface area contributed by atoms with Gasteiger partial charge in [-0.2, -0.15) is 0 Å². The summed E-state index contributed by atoms with van der Waals surface area (Å²) >= 11 is 0. The number of hydrogen-bond acceptors (Lipinski definition) is 5. The van der Waals surface area contributed by atoms with Crippen LogP contribution < -0.4 is 5.32 Å². The number of carbonyl (C=O) groups is 1. The summed E-state index contributed by atoms with van der Waals surface area (Å²) in [4.78, 5) is 12.4. The summed E-state index contributed by atoms with van der Waals surface area (Å²) in [5.41, 5.74) is 3.89. The van der Waals surface area contributed by atoms with Gasteiger partial charge in [0.1, 0.15) is 0 Å². The molecule has 0 unspecified atom stereocenters. The summed E-state index contributed by atoms with van der Waals surface area (Å²) in [7, 11) is 0. The molecule has 1 aromatic heterocycles. The quantitative estimate of drug-likeness (QED) is 0.791. The third-order valence-electron chi connectivity index (χ3n) is 4.24. The Hall–Kier alpha value is -2.99. The zero-order chi connectivity index (χ0) is 17.1. The highest BCUT2D eigenvalue weighted by atomic mass is 16.5. The summed E-state index contributed by atoms with van der Waals surface area (Å²) in [6.07, 6.45) is 2.28. The Morgan fingerprint density at radius 1 is 1.16 bits per heavy atom. The molecule has 0 bridgehead atoms. The lowest BCUT2D eigenvalue weighted by Gasteiger charge is -2.25. The number of carbonyl (C=O) groups excluding carboxylic acids is 1. The monoisotopic (exact) mass is 335 g/mol. The zero-order valence-electron chi connectivity index (χ0n) is 13.5. The van der Waals surface area contributed by atoms with E-state index in [4.69, 9.17) is 9.15 Å². The van der Waals surface area contributed by atoms with Crippen molar-refractivity contribution in [3.05, 3.63) is 66.1 Å². The van der Waals surface area contributed by atoms with Crippen molar-refractivity contribution in [3.8, 4) is 11.5 Å². The minimum atomic E-state index is -0.192. The average Bonchev–Trinajstić information content (AvgIpc) is 3.17. The maximum absolute atomic E-state index is 12.4. The highest BCUT2D eigenvalue weighted by Gasteiger charge is 2.23. The van der Waals surface area contributed by atoms with Crippen molar-refractivity contribution < 1.29 is 13.9 Å². The molecule has 0 spiro atoms. The molecule has 0 fully saturated rings. The molecule has 6 nitrogen and oxygen atoms in total. The van der Waals surface area contributed by atoms with Gasteiger partial charge in [0.25, 0.3) is 0 Å². The van der Waals surface area contributed by atoms with Crippen LogP contribution in [0.4, 0.5) is 5.69 Å². The van der Waals surface area contributed by atoms with E-state index in [2.05, 4.69) is 21.6 Å². The molecule has 1 aliphatic heterocycles. The van der Waals surface area contributed by atoms with E-state index in [1.807, 2.05) is 42.5 Å². The van der Waals surface area contributed by atoms with Gasteiger partial charge in [-0.05, 0) is 41.8 Å². The van der Waals surface area contributed by atoms with Crippen LogP contribution in [-0.2, 0) is 16.0 Å². The summed E-state index contributed by atoms with van der Waals surface area (Å²) in [5.74, 6) is 0.373. The number of nitrogens with one attached hydrogen (secondary N) is 1. The standard InChI is InChI=1S/C19H17N3O3/c23-18(11-17-16-4-2-1-3-13(16)9-10-24-17)21-15-7-5-14(6-8-15)19-22-20-12-25-19/h1-8,12,17H,9-11H2,(H,21,23)/t17-/m0/s1. The molecule has 2 aromatic carbocycles. The van der Waals surface area contributed by atoms with Crippen LogP contribution in [0.2, 0.25) is 0 Å². The van der Waals surface area contributed by atoms with Gasteiger partial charge in [0.2, 0.25) is 18.2 Å². The number of fused-ring (bicyclic) bond motifs is 1. The lowest BCUT2D eigenvalue weighted by molar-refractivity contribution is -0.119.